The summed E-state index contributed by atoms with van der Waals surface area (Å²) >= 11 is 0. The van der Waals surface area contributed by atoms with Gasteiger partial charge in [-0.15, -0.1) is 0 Å². The zero-order valence-corrected chi connectivity index (χ0v) is 9.05. The highest BCUT2D eigenvalue weighted by Gasteiger charge is 2.17. The average molecular weight is 229 g/mol. The molecule has 0 radical (unpaired) electrons. The minimum absolute atomic E-state index is 0.157. The van der Waals surface area contributed by atoms with E-state index in [1.165, 1.54) is 12.1 Å². The molecule has 17 heavy (non-hydrogen) atoms. The first-order valence-electron chi connectivity index (χ1n) is 4.78. The molecule has 86 valence electrons. The topological polar surface area (TPSA) is 120 Å². The number of rotatable bonds is 3. The minimum atomic E-state index is -0.453. The Bertz CT molecular complexity index is 496. The van der Waals surface area contributed by atoms with Crippen molar-refractivity contribution in [2.75, 3.05) is 24.6 Å². The Morgan fingerprint density at radius 3 is 2.29 bits per heavy atom. The van der Waals surface area contributed by atoms with Gasteiger partial charge in [0.15, 0.2) is 0 Å². The summed E-state index contributed by atoms with van der Waals surface area (Å²) in [7, 11) is 0. The number of amides is 1. The second-order valence-corrected chi connectivity index (χ2v) is 3.32. The van der Waals surface area contributed by atoms with Gasteiger partial charge < -0.3 is 16.4 Å². The Hall–Kier alpha value is -2.73. The Kier molecular flexibility index (Phi) is 3.91. The highest BCUT2D eigenvalue weighted by Crippen LogP contribution is 2.17. The van der Waals surface area contributed by atoms with E-state index in [4.69, 9.17) is 22.0 Å². The maximum atomic E-state index is 12.0. The molecule has 0 saturated heterocycles. The zero-order chi connectivity index (χ0) is 12.8. The quantitative estimate of drug-likeness (QED) is 0.572. The van der Waals surface area contributed by atoms with Crippen LogP contribution in [0, 0.1) is 22.7 Å². The molecule has 0 unspecified atom stereocenters. The third-order valence-electron chi connectivity index (χ3n) is 2.12. The number of nitrogens with zero attached hydrogens (tertiary/aromatic N) is 3. The number of anilines is 2. The number of hydrogen-bond donors (Lipinski definition) is 2. The van der Waals surface area contributed by atoms with E-state index in [0.717, 1.165) is 4.90 Å². The minimum Gasteiger partial charge on any atom is -0.399 e. The van der Waals surface area contributed by atoms with Gasteiger partial charge in [0.25, 0.3) is 5.91 Å². The second kappa shape index (κ2) is 5.38. The van der Waals surface area contributed by atoms with Gasteiger partial charge >= 0.3 is 0 Å². The second-order valence-electron chi connectivity index (χ2n) is 3.32. The summed E-state index contributed by atoms with van der Waals surface area (Å²) in [4.78, 5) is 13.1. The van der Waals surface area contributed by atoms with Crippen LogP contribution in [0.3, 0.4) is 0 Å². The van der Waals surface area contributed by atoms with Gasteiger partial charge in [0.05, 0.1) is 17.7 Å². The average Bonchev–Trinajstić information content (AvgIpc) is 2.28. The number of carbonyl (C=O) groups is 1. The molecule has 6 heteroatoms. The molecule has 1 amide bonds. The van der Waals surface area contributed by atoms with Crippen LogP contribution in [-0.4, -0.2) is 23.9 Å². The van der Waals surface area contributed by atoms with Crippen LogP contribution in [0.2, 0.25) is 0 Å². The number of nitrogen functional groups attached to an aromatic ring is 2. The zero-order valence-electron chi connectivity index (χ0n) is 9.05. The van der Waals surface area contributed by atoms with Gasteiger partial charge in [0, 0.05) is 11.4 Å². The van der Waals surface area contributed by atoms with E-state index in [-0.39, 0.29) is 24.3 Å². The van der Waals surface area contributed by atoms with Crippen molar-refractivity contribution in [3.8, 4) is 12.1 Å². The van der Waals surface area contributed by atoms with E-state index < -0.39 is 5.91 Å². The fraction of sp³-hybridized carbons (Fsp3) is 0.182. The third kappa shape index (κ3) is 2.86. The van der Waals surface area contributed by atoms with Crippen molar-refractivity contribution < 1.29 is 4.79 Å². The van der Waals surface area contributed by atoms with Gasteiger partial charge in [-0.3, -0.25) is 4.79 Å². The van der Waals surface area contributed by atoms with Crippen molar-refractivity contribution in [1.82, 2.24) is 4.90 Å². The van der Waals surface area contributed by atoms with E-state index in [9.17, 15) is 4.79 Å². The number of nitriles is 2. The summed E-state index contributed by atoms with van der Waals surface area (Å²) in [5, 5.41) is 17.1. The predicted octanol–water partition coefficient (Wildman–Crippen LogP) is 0.340. The lowest BCUT2D eigenvalue weighted by Crippen LogP contribution is -2.32. The van der Waals surface area contributed by atoms with Gasteiger partial charge in [0.2, 0.25) is 0 Å². The largest absolute Gasteiger partial charge is 0.399 e. The molecular weight excluding hydrogens is 218 g/mol. The molecule has 0 fully saturated rings. The molecule has 1 rings (SSSR count). The van der Waals surface area contributed by atoms with Crippen molar-refractivity contribution in [1.29, 1.82) is 10.5 Å². The molecule has 0 spiro atoms. The Morgan fingerprint density at radius 1 is 1.24 bits per heavy atom. The summed E-state index contributed by atoms with van der Waals surface area (Å²) in [6.45, 7) is -0.313. The molecule has 0 aromatic heterocycles. The monoisotopic (exact) mass is 229 g/mol. The Balaban J connectivity index is 3.02. The molecule has 0 aliphatic rings. The standard InChI is InChI=1S/C11H11N5O/c12-3-5-16(6-4-13)11(17)9-2-1-8(14)7-10(9)15/h1-2,7H,5-6,14-15H2. The summed E-state index contributed by atoms with van der Waals surface area (Å²) < 4.78 is 0. The molecule has 1 aromatic rings. The SMILES string of the molecule is N#CCN(CC#N)C(=O)c1ccc(N)cc1N. The number of nitrogens with two attached hydrogens (primary N) is 2. The van der Waals surface area contributed by atoms with Gasteiger partial charge in [-0.25, -0.2) is 0 Å². The molecule has 0 aliphatic heterocycles. The molecule has 0 heterocycles. The molecular formula is C11H11N5O. The first-order valence-corrected chi connectivity index (χ1v) is 4.78. The van der Waals surface area contributed by atoms with E-state index in [2.05, 4.69) is 0 Å². The number of hydrogen-bond acceptors (Lipinski definition) is 5. The molecule has 0 atom stereocenters. The fourth-order valence-electron chi connectivity index (χ4n) is 1.32. The van der Waals surface area contributed by atoms with Crippen LogP contribution in [0.5, 0.6) is 0 Å². The van der Waals surface area contributed by atoms with E-state index >= 15 is 0 Å². The van der Waals surface area contributed by atoms with Crippen LogP contribution in [0.1, 0.15) is 10.4 Å². The number of carbonyl (C=O) groups excluding carboxylic acids is 1. The lowest BCUT2D eigenvalue weighted by Gasteiger charge is -2.16. The van der Waals surface area contributed by atoms with Crippen LogP contribution >= 0.6 is 0 Å². The van der Waals surface area contributed by atoms with Crippen LogP contribution in [0.4, 0.5) is 11.4 Å². The smallest absolute Gasteiger partial charge is 0.257 e. The van der Waals surface area contributed by atoms with Crippen molar-refractivity contribution in [2.24, 2.45) is 0 Å². The first-order chi connectivity index (χ1) is 8.10. The Labute approximate surface area is 98.6 Å². The van der Waals surface area contributed by atoms with E-state index in [0.29, 0.717) is 5.69 Å². The van der Waals surface area contributed by atoms with Crippen molar-refractivity contribution >= 4 is 17.3 Å². The van der Waals surface area contributed by atoms with Crippen LogP contribution < -0.4 is 11.5 Å². The summed E-state index contributed by atoms with van der Waals surface area (Å²) in [6.07, 6.45) is 0. The van der Waals surface area contributed by atoms with E-state index in [1.54, 1.807) is 6.07 Å². The van der Waals surface area contributed by atoms with Crippen LogP contribution in [-0.2, 0) is 0 Å². The fourth-order valence-corrected chi connectivity index (χ4v) is 1.32. The highest BCUT2D eigenvalue weighted by molar-refractivity contribution is 5.99. The highest BCUT2D eigenvalue weighted by atomic mass is 16.2. The molecule has 1 aromatic carbocycles. The van der Waals surface area contributed by atoms with Crippen LogP contribution in [0.25, 0.3) is 0 Å². The molecule has 0 saturated carbocycles. The van der Waals surface area contributed by atoms with Gasteiger partial charge in [-0.05, 0) is 18.2 Å². The molecule has 4 N–H and O–H groups in total. The first kappa shape index (κ1) is 12.3. The molecule has 0 aliphatic carbocycles. The lowest BCUT2D eigenvalue weighted by molar-refractivity contribution is 0.0796. The maximum absolute atomic E-state index is 12.0. The molecule has 6 nitrogen and oxygen atoms in total. The van der Waals surface area contributed by atoms with Gasteiger partial charge in [-0.2, -0.15) is 10.5 Å². The van der Waals surface area contributed by atoms with Gasteiger partial charge in [0.1, 0.15) is 13.1 Å². The summed E-state index contributed by atoms with van der Waals surface area (Å²) in [5.41, 5.74) is 12.1. The lowest BCUT2D eigenvalue weighted by atomic mass is 10.1. The number of benzene rings is 1. The summed E-state index contributed by atoms with van der Waals surface area (Å²) in [5.74, 6) is -0.453. The molecule has 0 bridgehead atoms. The van der Waals surface area contributed by atoms with E-state index in [1.807, 2.05) is 12.1 Å². The Morgan fingerprint density at radius 2 is 1.82 bits per heavy atom. The third-order valence-corrected chi connectivity index (χ3v) is 2.12. The van der Waals surface area contributed by atoms with Gasteiger partial charge in [-0.1, -0.05) is 0 Å². The normalized spacial score (nSPS) is 9.06. The van der Waals surface area contributed by atoms with Crippen molar-refractivity contribution in [2.45, 2.75) is 0 Å². The predicted molar refractivity (Wildman–Crippen MR) is 62.4 cm³/mol. The van der Waals surface area contributed by atoms with Crippen molar-refractivity contribution in [3.05, 3.63) is 23.8 Å². The van der Waals surface area contributed by atoms with Crippen molar-refractivity contribution in [3.63, 3.8) is 0 Å². The summed E-state index contributed by atoms with van der Waals surface area (Å²) in [6, 6.07) is 8.13. The van der Waals surface area contributed by atoms with Crippen LogP contribution in [0.15, 0.2) is 18.2 Å². The maximum Gasteiger partial charge on any atom is 0.257 e.